The van der Waals surface area contributed by atoms with Gasteiger partial charge in [0.15, 0.2) is 0 Å². The number of methoxy groups -OCH3 is 3. The number of Topliss-reactive ketones (excluding diaryl/α,β-unsaturated/α-hetero) is 1. The van der Waals surface area contributed by atoms with Crippen molar-refractivity contribution in [3.05, 3.63) is 59.2 Å². The molecule has 0 aromatic heterocycles. The zero-order valence-corrected chi connectivity index (χ0v) is 18.9. The Kier molecular flexibility index (Phi) is 7.05. The summed E-state index contributed by atoms with van der Waals surface area (Å²) < 4.78 is 16.1. The molecule has 0 spiro atoms. The van der Waals surface area contributed by atoms with Gasteiger partial charge in [-0.3, -0.25) is 9.59 Å². The molecule has 1 atom stereocenters. The predicted octanol–water partition coefficient (Wildman–Crippen LogP) is 2.70. The molecule has 1 amide bonds. The number of nitrogens with zero attached hydrogens (tertiary/aromatic N) is 2. The van der Waals surface area contributed by atoms with Crippen molar-refractivity contribution in [3.8, 4) is 17.2 Å². The van der Waals surface area contributed by atoms with Crippen LogP contribution in [0, 0.1) is 0 Å². The third kappa shape index (κ3) is 4.40. The largest absolute Gasteiger partial charge is 0.507 e. The van der Waals surface area contributed by atoms with E-state index < -0.39 is 17.7 Å². The van der Waals surface area contributed by atoms with Crippen molar-refractivity contribution in [2.24, 2.45) is 0 Å². The van der Waals surface area contributed by atoms with E-state index in [9.17, 15) is 14.7 Å². The molecule has 0 bridgehead atoms. The molecule has 1 N–H and O–H groups in total. The number of likely N-dealkylation sites (N-methyl/N-ethyl adjacent to an activating group) is 1. The molecule has 1 heterocycles. The number of hydrogen-bond donors (Lipinski definition) is 1. The van der Waals surface area contributed by atoms with Crippen LogP contribution in [0.5, 0.6) is 17.2 Å². The van der Waals surface area contributed by atoms with E-state index in [-0.39, 0.29) is 17.9 Å². The lowest BCUT2D eigenvalue weighted by Gasteiger charge is -2.28. The molecule has 1 fully saturated rings. The zero-order valence-electron chi connectivity index (χ0n) is 18.9. The van der Waals surface area contributed by atoms with Gasteiger partial charge in [0, 0.05) is 24.2 Å². The normalized spacial score (nSPS) is 17.7. The summed E-state index contributed by atoms with van der Waals surface area (Å²) in [6.45, 7) is 0.826. The molecule has 170 valence electrons. The standard InChI is InChI=1S/C24H28N2O6/c1-25(2)11-12-26-21(18-14-17(31-4)9-10-19(18)32-5)20(23(28)24(26)29)22(27)15-7-6-8-16(13-15)30-3/h6-10,13-14,21,27H,11-12H2,1-5H3/b22-20+/t21-/m1/s1. The molecule has 2 aromatic rings. The lowest BCUT2D eigenvalue weighted by atomic mass is 9.94. The number of ether oxygens (including phenoxy) is 3. The van der Waals surface area contributed by atoms with Crippen LogP contribution in [0.15, 0.2) is 48.0 Å². The Labute approximate surface area is 187 Å². The molecular weight excluding hydrogens is 412 g/mol. The second-order valence-electron chi connectivity index (χ2n) is 7.64. The molecule has 1 saturated heterocycles. The van der Waals surface area contributed by atoms with E-state index in [1.807, 2.05) is 19.0 Å². The summed E-state index contributed by atoms with van der Waals surface area (Å²) in [6.07, 6.45) is 0. The van der Waals surface area contributed by atoms with E-state index in [0.717, 1.165) is 0 Å². The second-order valence-corrected chi connectivity index (χ2v) is 7.64. The minimum absolute atomic E-state index is 0.00596. The Morgan fingerprint density at radius 3 is 2.31 bits per heavy atom. The van der Waals surface area contributed by atoms with Gasteiger partial charge in [-0.05, 0) is 44.4 Å². The van der Waals surface area contributed by atoms with Gasteiger partial charge >= 0.3 is 0 Å². The maximum Gasteiger partial charge on any atom is 0.295 e. The van der Waals surface area contributed by atoms with Gasteiger partial charge in [-0.1, -0.05) is 12.1 Å². The van der Waals surface area contributed by atoms with Crippen molar-refractivity contribution in [2.75, 3.05) is 48.5 Å². The summed E-state index contributed by atoms with van der Waals surface area (Å²) in [6, 6.07) is 11.0. The summed E-state index contributed by atoms with van der Waals surface area (Å²) in [7, 11) is 8.33. The first-order valence-electron chi connectivity index (χ1n) is 10.1. The number of likely N-dealkylation sites (tertiary alicyclic amines) is 1. The van der Waals surface area contributed by atoms with Crippen LogP contribution in [0.25, 0.3) is 5.76 Å². The number of ketones is 1. The van der Waals surface area contributed by atoms with Crippen molar-refractivity contribution >= 4 is 17.4 Å². The van der Waals surface area contributed by atoms with E-state index in [1.54, 1.807) is 42.5 Å². The minimum atomic E-state index is -0.841. The van der Waals surface area contributed by atoms with Crippen LogP contribution in [0.4, 0.5) is 0 Å². The third-order valence-electron chi connectivity index (χ3n) is 5.40. The lowest BCUT2D eigenvalue weighted by Crippen LogP contribution is -2.35. The first kappa shape index (κ1) is 23.1. The highest BCUT2D eigenvalue weighted by atomic mass is 16.5. The van der Waals surface area contributed by atoms with Gasteiger partial charge in [0.1, 0.15) is 23.0 Å². The topological polar surface area (TPSA) is 88.5 Å². The maximum atomic E-state index is 13.1. The van der Waals surface area contributed by atoms with Gasteiger partial charge in [0.05, 0.1) is 32.9 Å². The average Bonchev–Trinajstić information content (AvgIpc) is 3.06. The summed E-state index contributed by atoms with van der Waals surface area (Å²) in [5, 5.41) is 11.2. The van der Waals surface area contributed by atoms with Crippen LogP contribution < -0.4 is 14.2 Å². The monoisotopic (exact) mass is 440 g/mol. The van der Waals surface area contributed by atoms with Crippen molar-refractivity contribution in [2.45, 2.75) is 6.04 Å². The van der Waals surface area contributed by atoms with Crippen molar-refractivity contribution < 1.29 is 28.9 Å². The quantitative estimate of drug-likeness (QED) is 0.384. The number of rotatable bonds is 8. The second kappa shape index (κ2) is 9.74. The van der Waals surface area contributed by atoms with Gasteiger partial charge in [0.25, 0.3) is 11.7 Å². The highest BCUT2D eigenvalue weighted by Gasteiger charge is 2.47. The van der Waals surface area contributed by atoms with Gasteiger partial charge in [-0.2, -0.15) is 0 Å². The fourth-order valence-corrected chi connectivity index (χ4v) is 3.72. The molecule has 3 rings (SSSR count). The summed E-state index contributed by atoms with van der Waals surface area (Å²) in [5.41, 5.74) is 0.921. The molecule has 1 aliphatic heterocycles. The van der Waals surface area contributed by atoms with E-state index in [2.05, 4.69) is 0 Å². The van der Waals surface area contributed by atoms with Crippen LogP contribution in [0.1, 0.15) is 17.2 Å². The maximum absolute atomic E-state index is 13.1. The van der Waals surface area contributed by atoms with Crippen LogP contribution in [-0.4, -0.2) is 75.1 Å². The molecule has 0 unspecified atom stereocenters. The molecule has 32 heavy (non-hydrogen) atoms. The number of hydrogen-bond acceptors (Lipinski definition) is 7. The Morgan fingerprint density at radius 1 is 1.00 bits per heavy atom. The fourth-order valence-electron chi connectivity index (χ4n) is 3.72. The van der Waals surface area contributed by atoms with E-state index in [1.165, 1.54) is 26.2 Å². The molecule has 8 heteroatoms. The molecule has 8 nitrogen and oxygen atoms in total. The molecule has 0 aliphatic carbocycles. The van der Waals surface area contributed by atoms with Crippen LogP contribution in [-0.2, 0) is 9.59 Å². The Balaban J connectivity index is 2.24. The van der Waals surface area contributed by atoms with E-state index in [0.29, 0.717) is 34.9 Å². The molecule has 0 radical (unpaired) electrons. The summed E-state index contributed by atoms with van der Waals surface area (Å²) >= 11 is 0. The zero-order chi connectivity index (χ0) is 23.4. The van der Waals surface area contributed by atoms with Crippen LogP contribution in [0.2, 0.25) is 0 Å². The van der Waals surface area contributed by atoms with Gasteiger partial charge in [-0.25, -0.2) is 0 Å². The van der Waals surface area contributed by atoms with Crippen molar-refractivity contribution in [3.63, 3.8) is 0 Å². The van der Waals surface area contributed by atoms with Gasteiger partial charge in [0.2, 0.25) is 0 Å². The van der Waals surface area contributed by atoms with Crippen LogP contribution in [0.3, 0.4) is 0 Å². The van der Waals surface area contributed by atoms with Crippen LogP contribution >= 0.6 is 0 Å². The molecular formula is C24H28N2O6. The highest BCUT2D eigenvalue weighted by Crippen LogP contribution is 2.43. The first-order chi connectivity index (χ1) is 15.3. The number of amides is 1. The van der Waals surface area contributed by atoms with Crippen molar-refractivity contribution in [1.29, 1.82) is 0 Å². The average molecular weight is 440 g/mol. The molecule has 2 aromatic carbocycles. The molecule has 0 saturated carbocycles. The van der Waals surface area contributed by atoms with E-state index >= 15 is 0 Å². The van der Waals surface area contributed by atoms with Crippen molar-refractivity contribution in [1.82, 2.24) is 9.80 Å². The smallest absolute Gasteiger partial charge is 0.295 e. The number of aliphatic hydroxyl groups is 1. The predicted molar refractivity (Wildman–Crippen MR) is 120 cm³/mol. The summed E-state index contributed by atoms with van der Waals surface area (Å²) in [4.78, 5) is 29.6. The Morgan fingerprint density at radius 2 is 1.69 bits per heavy atom. The number of carbonyl (C=O) groups excluding carboxylic acids is 2. The Hall–Kier alpha value is -3.52. The SMILES string of the molecule is COc1cccc(/C(O)=C2\C(=O)C(=O)N(CCN(C)C)[C@@H]2c2cc(OC)ccc2OC)c1. The van der Waals surface area contributed by atoms with Gasteiger partial charge < -0.3 is 29.1 Å². The lowest BCUT2D eigenvalue weighted by molar-refractivity contribution is -0.140. The first-order valence-corrected chi connectivity index (χ1v) is 10.1. The minimum Gasteiger partial charge on any atom is -0.507 e. The number of aliphatic hydroxyl groups excluding tert-OH is 1. The third-order valence-corrected chi connectivity index (χ3v) is 5.40. The van der Waals surface area contributed by atoms with Gasteiger partial charge in [-0.15, -0.1) is 0 Å². The summed E-state index contributed by atoms with van der Waals surface area (Å²) in [5.74, 6) is -0.162. The Bertz CT molecular complexity index is 1050. The number of benzene rings is 2. The fraction of sp³-hybridized carbons (Fsp3) is 0.333. The molecule has 1 aliphatic rings. The number of carbonyl (C=O) groups is 2. The van der Waals surface area contributed by atoms with E-state index in [4.69, 9.17) is 14.2 Å². The highest BCUT2D eigenvalue weighted by molar-refractivity contribution is 6.46.